The highest BCUT2D eigenvalue weighted by atomic mass is 32.2. The molecular formula is C42H30N2O9S2. The van der Waals surface area contributed by atoms with Gasteiger partial charge in [-0.25, -0.2) is 8.42 Å². The molecule has 6 aromatic rings. The topological polar surface area (TPSA) is 181 Å². The quantitative estimate of drug-likeness (QED) is 0.0439. The minimum absolute atomic E-state index is 0.0112. The van der Waals surface area contributed by atoms with Gasteiger partial charge in [-0.2, -0.15) is 8.42 Å². The van der Waals surface area contributed by atoms with Gasteiger partial charge in [0.2, 0.25) is 0 Å². The molecule has 0 saturated carbocycles. The number of carbonyl (C=O) groups excluding carboxylic acids is 4. The molecule has 0 radical (unpaired) electrons. The van der Waals surface area contributed by atoms with Crippen LogP contribution in [0.3, 0.4) is 0 Å². The van der Waals surface area contributed by atoms with Crippen LogP contribution in [0.15, 0.2) is 155 Å². The summed E-state index contributed by atoms with van der Waals surface area (Å²) in [6.07, 6.45) is 2.61. The van der Waals surface area contributed by atoms with Crippen molar-refractivity contribution in [3.63, 3.8) is 0 Å². The first kappa shape index (κ1) is 37.9. The SMILES string of the molecule is O=C(Nc1ccc(/C=C/c2ccc(NC(=O)c3ccc(C(=O)c4ccccc4)cc3)cc2S(=O)(=O)O)c([SH](=O)=O)c1)c1ccc(C(=O)c2ccccc2)cc1. The molecule has 0 aliphatic carbocycles. The molecule has 11 nitrogen and oxygen atoms in total. The predicted octanol–water partition coefficient (Wildman–Crippen LogP) is 7.04. The van der Waals surface area contributed by atoms with Gasteiger partial charge < -0.3 is 10.6 Å². The van der Waals surface area contributed by atoms with Crippen LogP contribution in [0.25, 0.3) is 12.2 Å². The summed E-state index contributed by atoms with van der Waals surface area (Å²) in [7, 11) is -8.01. The Morgan fingerprint density at radius 1 is 0.491 bits per heavy atom. The first-order valence-electron chi connectivity index (χ1n) is 16.5. The van der Waals surface area contributed by atoms with Gasteiger partial charge in [0, 0.05) is 44.8 Å². The van der Waals surface area contributed by atoms with E-state index >= 15 is 0 Å². The second-order valence-corrected chi connectivity index (χ2v) is 14.4. The summed E-state index contributed by atoms with van der Waals surface area (Å²) in [5.41, 5.74) is 2.52. The molecule has 2 amide bonds. The van der Waals surface area contributed by atoms with E-state index in [-0.39, 0.29) is 50.1 Å². The number of thiol groups is 1. The number of rotatable bonds is 12. The third-order valence-electron chi connectivity index (χ3n) is 8.37. The number of hydrogen-bond donors (Lipinski definition) is 4. The predicted molar refractivity (Wildman–Crippen MR) is 209 cm³/mol. The molecule has 6 aromatic carbocycles. The van der Waals surface area contributed by atoms with Crippen LogP contribution in [0.1, 0.15) is 63.7 Å². The molecule has 0 fully saturated rings. The highest BCUT2D eigenvalue weighted by Crippen LogP contribution is 2.26. The van der Waals surface area contributed by atoms with E-state index in [1.54, 1.807) is 60.7 Å². The molecule has 0 aromatic heterocycles. The van der Waals surface area contributed by atoms with Gasteiger partial charge in [0.05, 0.1) is 4.90 Å². The molecule has 3 N–H and O–H groups in total. The first-order chi connectivity index (χ1) is 26.4. The van der Waals surface area contributed by atoms with Gasteiger partial charge in [-0.05, 0) is 59.7 Å². The van der Waals surface area contributed by atoms with Crippen LogP contribution in [0.4, 0.5) is 11.4 Å². The molecule has 274 valence electrons. The van der Waals surface area contributed by atoms with Gasteiger partial charge in [0.25, 0.3) is 21.9 Å². The molecule has 0 atom stereocenters. The van der Waals surface area contributed by atoms with E-state index in [0.29, 0.717) is 22.3 Å². The summed E-state index contributed by atoms with van der Waals surface area (Å²) in [4.78, 5) is 50.6. The zero-order valence-electron chi connectivity index (χ0n) is 28.6. The Bertz CT molecular complexity index is 2650. The highest BCUT2D eigenvalue weighted by Gasteiger charge is 2.18. The van der Waals surface area contributed by atoms with E-state index in [4.69, 9.17) is 0 Å². The van der Waals surface area contributed by atoms with Crippen molar-refractivity contribution in [2.75, 3.05) is 10.6 Å². The number of anilines is 2. The Morgan fingerprint density at radius 2 is 0.873 bits per heavy atom. The minimum atomic E-state index is -4.82. The van der Waals surface area contributed by atoms with E-state index in [2.05, 4.69) is 10.6 Å². The first-order valence-corrected chi connectivity index (χ1v) is 19.1. The molecule has 0 heterocycles. The fourth-order valence-electron chi connectivity index (χ4n) is 5.54. The van der Waals surface area contributed by atoms with E-state index in [0.717, 1.165) is 6.07 Å². The van der Waals surface area contributed by atoms with Gasteiger partial charge in [-0.3, -0.25) is 23.7 Å². The van der Waals surface area contributed by atoms with Crippen LogP contribution in [0.2, 0.25) is 0 Å². The summed E-state index contributed by atoms with van der Waals surface area (Å²) >= 11 is 0. The van der Waals surface area contributed by atoms with Crippen LogP contribution < -0.4 is 10.6 Å². The lowest BCUT2D eigenvalue weighted by atomic mass is 10.0. The average molecular weight is 771 g/mol. The Hall–Kier alpha value is -6.80. The van der Waals surface area contributed by atoms with Crippen molar-refractivity contribution >= 4 is 67.7 Å². The van der Waals surface area contributed by atoms with Crippen molar-refractivity contribution in [3.8, 4) is 0 Å². The van der Waals surface area contributed by atoms with E-state index < -0.39 is 37.5 Å². The van der Waals surface area contributed by atoms with Crippen molar-refractivity contribution < 1.29 is 40.6 Å². The normalized spacial score (nSPS) is 11.3. The summed E-state index contributed by atoms with van der Waals surface area (Å²) in [6, 6.07) is 37.1. The van der Waals surface area contributed by atoms with E-state index in [1.165, 1.54) is 91.0 Å². The largest absolute Gasteiger partial charge is 0.322 e. The monoisotopic (exact) mass is 770 g/mol. The van der Waals surface area contributed by atoms with Gasteiger partial charge in [-0.1, -0.05) is 109 Å². The van der Waals surface area contributed by atoms with Crippen molar-refractivity contribution in [2.45, 2.75) is 9.79 Å². The Balaban J connectivity index is 1.16. The average Bonchev–Trinajstić information content (AvgIpc) is 3.20. The third-order valence-corrected chi connectivity index (χ3v) is 10.1. The van der Waals surface area contributed by atoms with Crippen molar-refractivity contribution in [1.29, 1.82) is 0 Å². The van der Waals surface area contributed by atoms with Crippen LogP contribution in [-0.2, 0) is 20.8 Å². The van der Waals surface area contributed by atoms with Crippen LogP contribution in [-0.4, -0.2) is 44.8 Å². The third kappa shape index (κ3) is 9.23. The molecule has 13 heteroatoms. The van der Waals surface area contributed by atoms with Crippen molar-refractivity contribution in [2.24, 2.45) is 0 Å². The smallest absolute Gasteiger partial charge is 0.295 e. The fraction of sp³-hybridized carbons (Fsp3) is 0. The van der Waals surface area contributed by atoms with Gasteiger partial charge in [-0.15, -0.1) is 0 Å². The number of ketones is 2. The van der Waals surface area contributed by atoms with Gasteiger partial charge in [0.15, 0.2) is 22.3 Å². The lowest BCUT2D eigenvalue weighted by Crippen LogP contribution is -2.13. The molecule has 55 heavy (non-hydrogen) atoms. The van der Waals surface area contributed by atoms with Gasteiger partial charge >= 0.3 is 0 Å². The molecular weight excluding hydrogens is 741 g/mol. The number of nitrogens with one attached hydrogen (secondary N) is 2. The maximum Gasteiger partial charge on any atom is 0.295 e. The zero-order chi connectivity index (χ0) is 39.1. The van der Waals surface area contributed by atoms with Crippen LogP contribution in [0.5, 0.6) is 0 Å². The summed E-state index contributed by atoms with van der Waals surface area (Å²) in [6.45, 7) is 0. The van der Waals surface area contributed by atoms with Crippen LogP contribution in [0, 0.1) is 0 Å². The number of benzene rings is 6. The minimum Gasteiger partial charge on any atom is -0.322 e. The highest BCUT2D eigenvalue weighted by molar-refractivity contribution is 7.86. The van der Waals surface area contributed by atoms with Crippen LogP contribution >= 0.6 is 0 Å². The number of amides is 2. The van der Waals surface area contributed by atoms with Gasteiger partial charge in [0.1, 0.15) is 4.90 Å². The standard InChI is InChI=1S/C42H30N2O9S2/c45-39(29-7-3-1-4-8-29)31-13-17-33(18-14-31)41(47)43-35-23-21-27(37(25-35)54(49)50)11-12-28-22-24-36(26-38(28)55(51,52)53)44-42(48)34-19-15-32(16-20-34)40(46)30-9-5-2-6-10-30/h1-26,54H,(H,43,47)(H,44,48)(H,51,52,53)/b12-11+. The van der Waals surface area contributed by atoms with E-state index in [1.807, 2.05) is 0 Å². The van der Waals surface area contributed by atoms with E-state index in [9.17, 15) is 40.6 Å². The number of hydrogen-bond acceptors (Lipinski definition) is 8. The summed E-state index contributed by atoms with van der Waals surface area (Å²) in [5.74, 6) is -1.57. The summed E-state index contributed by atoms with van der Waals surface area (Å²) < 4.78 is 59.2. The Morgan fingerprint density at radius 3 is 1.31 bits per heavy atom. The molecule has 6 rings (SSSR count). The lowest BCUT2D eigenvalue weighted by molar-refractivity contribution is 0.101. The molecule has 0 spiro atoms. The molecule has 0 aliphatic heterocycles. The fourth-order valence-corrected chi connectivity index (χ4v) is 6.85. The Kier molecular flexibility index (Phi) is 11.4. The number of carbonyl (C=O) groups is 4. The van der Waals surface area contributed by atoms with Crippen molar-refractivity contribution in [3.05, 3.63) is 190 Å². The second-order valence-electron chi connectivity index (χ2n) is 12.0. The molecule has 0 aliphatic rings. The zero-order valence-corrected chi connectivity index (χ0v) is 30.3. The lowest BCUT2D eigenvalue weighted by Gasteiger charge is -2.10. The molecule has 0 unspecified atom stereocenters. The molecule has 0 bridgehead atoms. The summed E-state index contributed by atoms with van der Waals surface area (Å²) in [5, 5.41) is 5.21. The maximum absolute atomic E-state index is 13.0. The Labute approximate surface area is 317 Å². The molecule has 0 saturated heterocycles. The van der Waals surface area contributed by atoms with Crippen molar-refractivity contribution in [1.82, 2.24) is 0 Å². The maximum atomic E-state index is 13.0. The second kappa shape index (κ2) is 16.5.